The molecule has 304 valence electrons. The zero-order valence-corrected chi connectivity index (χ0v) is 33.5. The van der Waals surface area contributed by atoms with Crippen LogP contribution in [0.15, 0.2) is 109 Å². The summed E-state index contributed by atoms with van der Waals surface area (Å²) in [5.41, 5.74) is 2.46. The van der Waals surface area contributed by atoms with Gasteiger partial charge in [-0.05, 0) is 96.2 Å². The maximum Gasteiger partial charge on any atom is 0.238 e. The van der Waals surface area contributed by atoms with Gasteiger partial charge in [0.2, 0.25) is 23.3 Å². The maximum absolute atomic E-state index is 11.2. The van der Waals surface area contributed by atoms with E-state index in [0.717, 1.165) is 48.4 Å². The molecule has 0 aliphatic carbocycles. The molecule has 0 spiro atoms. The Morgan fingerprint density at radius 3 is 1.69 bits per heavy atom. The Labute approximate surface area is 342 Å². The summed E-state index contributed by atoms with van der Waals surface area (Å²) in [6.45, 7) is 7.98. The second-order valence-electron chi connectivity index (χ2n) is 15.0. The number of nitro groups is 2. The van der Waals surface area contributed by atoms with Gasteiger partial charge in [0.05, 0.1) is 11.4 Å². The number of hydrogen-bond donors (Lipinski definition) is 2. The summed E-state index contributed by atoms with van der Waals surface area (Å²) in [7, 11) is 0. The first kappa shape index (κ1) is 43.5. The Balaban J connectivity index is 0.000000182. The molecule has 2 saturated heterocycles. The number of nitrogens with one attached hydrogen (secondary N) is 1. The molecule has 0 saturated carbocycles. The minimum Gasteiger partial charge on any atom is -0.412 e. The van der Waals surface area contributed by atoms with Gasteiger partial charge in [-0.15, -0.1) is 0 Å². The molecule has 2 unspecified atom stereocenters. The summed E-state index contributed by atoms with van der Waals surface area (Å²) < 4.78 is 0. The van der Waals surface area contributed by atoms with Gasteiger partial charge in [0.1, 0.15) is 5.60 Å². The highest BCUT2D eigenvalue weighted by Crippen LogP contribution is 2.37. The average Bonchev–Trinajstić information content (AvgIpc) is 3.23. The summed E-state index contributed by atoms with van der Waals surface area (Å²) in [4.78, 5) is 40.5. The number of aliphatic hydroxyl groups is 1. The van der Waals surface area contributed by atoms with Gasteiger partial charge in [-0.25, -0.2) is 19.9 Å². The number of fused-ring (bicyclic) bond motifs is 2. The third-order valence-electron chi connectivity index (χ3n) is 11.4. The molecule has 2 aromatic heterocycles. The van der Waals surface area contributed by atoms with Crippen LogP contribution in [-0.2, 0) is 0 Å². The fraction of sp³-hybridized carbons (Fsp3) is 0.349. The fourth-order valence-corrected chi connectivity index (χ4v) is 7.37. The molecule has 0 bridgehead atoms. The van der Waals surface area contributed by atoms with Crippen LogP contribution in [0.3, 0.4) is 0 Å². The molecule has 2 aliphatic rings. The maximum atomic E-state index is 11.2. The molecular weight excluding hydrogens is 760 g/mol. The van der Waals surface area contributed by atoms with Crippen molar-refractivity contribution in [3.63, 3.8) is 0 Å². The summed E-state index contributed by atoms with van der Waals surface area (Å²) >= 11 is 5.79. The topological polar surface area (TPSA) is 205 Å². The quantitative estimate of drug-likeness (QED) is 0.0920. The van der Waals surface area contributed by atoms with Gasteiger partial charge in [-0.1, -0.05) is 79.7 Å². The van der Waals surface area contributed by atoms with Crippen molar-refractivity contribution in [1.29, 1.82) is 0 Å². The molecule has 4 heterocycles. The molecule has 2 atom stereocenters. The molecule has 4 aromatic carbocycles. The van der Waals surface area contributed by atoms with E-state index in [-0.39, 0.29) is 21.1 Å². The highest BCUT2D eigenvalue weighted by Gasteiger charge is 2.43. The van der Waals surface area contributed by atoms with Crippen molar-refractivity contribution in [2.45, 2.75) is 64.1 Å². The first-order valence-corrected chi connectivity index (χ1v) is 19.5. The molecule has 15 heteroatoms. The van der Waals surface area contributed by atoms with Crippen LogP contribution in [0.25, 0.3) is 44.1 Å². The van der Waals surface area contributed by atoms with E-state index in [1.165, 1.54) is 28.5 Å². The molecule has 2 fully saturated rings. The molecule has 0 amide bonds. The number of rotatable bonds is 7. The average molecular weight is 809 g/mol. The van der Waals surface area contributed by atoms with Crippen molar-refractivity contribution in [2.24, 2.45) is 5.41 Å². The number of benzene rings is 4. The van der Waals surface area contributed by atoms with E-state index in [1.807, 2.05) is 49.4 Å². The molecule has 0 radical (unpaired) electrons. The highest BCUT2D eigenvalue weighted by atomic mass is 35.5. The summed E-state index contributed by atoms with van der Waals surface area (Å²) in [5.74, 6) is 0.696. The van der Waals surface area contributed by atoms with Crippen LogP contribution in [0.2, 0.25) is 5.28 Å². The van der Waals surface area contributed by atoms with Crippen LogP contribution in [0.5, 0.6) is 0 Å². The molecule has 14 nitrogen and oxygen atoms in total. The van der Waals surface area contributed by atoms with Gasteiger partial charge >= 0.3 is 0 Å². The highest BCUT2D eigenvalue weighted by molar-refractivity contribution is 6.28. The zero-order valence-electron chi connectivity index (χ0n) is 32.8. The van der Waals surface area contributed by atoms with Crippen molar-refractivity contribution in [1.82, 2.24) is 25.3 Å². The van der Waals surface area contributed by atoms with Crippen molar-refractivity contribution >= 4 is 39.1 Å². The van der Waals surface area contributed by atoms with Gasteiger partial charge in [-0.2, -0.15) is 0 Å². The predicted molar refractivity (Wildman–Crippen MR) is 228 cm³/mol. The lowest BCUT2D eigenvalue weighted by Gasteiger charge is -2.39. The number of aromatic nitrogens is 4. The van der Waals surface area contributed by atoms with Gasteiger partial charge < -0.3 is 20.8 Å². The van der Waals surface area contributed by atoms with E-state index in [9.17, 15) is 25.3 Å². The Kier molecular flexibility index (Phi) is 14.4. The fourth-order valence-electron chi connectivity index (χ4n) is 7.22. The summed E-state index contributed by atoms with van der Waals surface area (Å²) in [6, 6.07) is 31.5. The van der Waals surface area contributed by atoms with Crippen molar-refractivity contribution < 1.29 is 20.4 Å². The number of halogens is 1. The molecule has 6 aromatic rings. The number of hydrogen-bond acceptors (Lipinski definition) is 11. The van der Waals surface area contributed by atoms with Gasteiger partial charge in [0.15, 0.2) is 0 Å². The summed E-state index contributed by atoms with van der Waals surface area (Å²) in [5, 5.41) is 39.6. The van der Waals surface area contributed by atoms with Gasteiger partial charge in [0.25, 0.3) is 0 Å². The van der Waals surface area contributed by atoms with Crippen LogP contribution in [0.1, 0.15) is 46.5 Å². The van der Waals surface area contributed by atoms with Crippen LogP contribution in [0.4, 0.5) is 5.95 Å². The number of piperidine rings is 2. The first-order chi connectivity index (χ1) is 27.3. The first-order valence-electron chi connectivity index (χ1n) is 19.1. The molecule has 58 heavy (non-hydrogen) atoms. The monoisotopic (exact) mass is 808 g/mol. The van der Waals surface area contributed by atoms with Gasteiger partial charge in [0, 0.05) is 65.7 Å². The molecule has 8 rings (SSSR count). The van der Waals surface area contributed by atoms with Crippen molar-refractivity contribution in [2.75, 3.05) is 31.1 Å². The van der Waals surface area contributed by atoms with E-state index >= 15 is 0 Å². The SMILES string of the molecule is CC([N+](=O)[O-])C1(C)CCN(c2nccc(-c3ccc4ccccc4c3)n2)CC1.CC([N+](=O)[O-])C1(O)CCNCC1.Clc1nccc(-c2ccc3ccccc3c2)n1.O. The Morgan fingerprint density at radius 2 is 1.19 bits per heavy atom. The summed E-state index contributed by atoms with van der Waals surface area (Å²) in [6.07, 6.45) is 5.92. The smallest absolute Gasteiger partial charge is 0.238 e. The second kappa shape index (κ2) is 19.2. The minimum atomic E-state index is -1.10. The lowest BCUT2D eigenvalue weighted by atomic mass is 9.75. The lowest BCUT2D eigenvalue weighted by molar-refractivity contribution is -0.542. The van der Waals surface area contributed by atoms with E-state index in [0.29, 0.717) is 31.9 Å². The van der Waals surface area contributed by atoms with E-state index in [2.05, 4.69) is 79.8 Å². The van der Waals surface area contributed by atoms with E-state index < -0.39 is 22.6 Å². The van der Waals surface area contributed by atoms with Crippen LogP contribution in [0, 0.1) is 25.6 Å². The third-order valence-corrected chi connectivity index (χ3v) is 11.6. The van der Waals surface area contributed by atoms with Crippen molar-refractivity contribution in [3.8, 4) is 22.5 Å². The normalized spacial score (nSPS) is 16.7. The van der Waals surface area contributed by atoms with E-state index in [4.69, 9.17) is 16.6 Å². The molecular formula is C43H49ClN8O6. The molecule has 4 N–H and O–H groups in total. The van der Waals surface area contributed by atoms with Crippen LogP contribution >= 0.6 is 11.6 Å². The Hall–Kier alpha value is -5.67. The van der Waals surface area contributed by atoms with Crippen molar-refractivity contribution in [3.05, 3.63) is 135 Å². The molecule has 2 aliphatic heterocycles. The number of anilines is 1. The Bertz CT molecular complexity index is 2330. The largest absolute Gasteiger partial charge is 0.412 e. The number of nitrogens with zero attached hydrogens (tertiary/aromatic N) is 7. The lowest BCUT2D eigenvalue weighted by Crippen LogP contribution is -2.51. The van der Waals surface area contributed by atoms with Gasteiger partial charge in [-0.3, -0.25) is 20.2 Å². The van der Waals surface area contributed by atoms with Crippen LogP contribution < -0.4 is 10.2 Å². The standard InChI is InChI=1S/C22H24N4O2.C14H9ClN2.C7H14N2O3.H2O/c1-16(26(27)28)22(2)10-13-25(14-11-22)21-23-12-9-20(24-21)19-8-7-17-5-3-4-6-18(17)15-19;15-14-16-8-7-13(17-14)12-6-5-10-3-1-2-4-11(10)9-12;1-6(9(11)12)7(10)2-4-8-5-3-7;/h3-9,12,15-16H,10-11,13-14H2,1-2H3;1-9H;6,8,10H,2-5H2,1H3;1H2. The third kappa shape index (κ3) is 10.4. The predicted octanol–water partition coefficient (Wildman–Crippen LogP) is 7.46. The van der Waals surface area contributed by atoms with E-state index in [1.54, 1.807) is 19.3 Å². The zero-order chi connectivity index (χ0) is 40.6. The minimum absolute atomic E-state index is 0. The second-order valence-corrected chi connectivity index (χ2v) is 15.3. The Morgan fingerprint density at radius 1 is 0.707 bits per heavy atom. The van der Waals surface area contributed by atoms with Crippen LogP contribution in [-0.4, -0.2) is 84.2 Å².